The van der Waals surface area contributed by atoms with Crippen LogP contribution in [-0.2, 0) is 9.59 Å². The smallest absolute Gasteiger partial charge is 0.220 e. The summed E-state index contributed by atoms with van der Waals surface area (Å²) in [4.78, 5) is 34.6. The van der Waals surface area contributed by atoms with Crippen LogP contribution in [0.3, 0.4) is 0 Å². The van der Waals surface area contributed by atoms with Gasteiger partial charge in [-0.05, 0) is 40.7 Å². The van der Waals surface area contributed by atoms with Crippen LogP contribution in [-0.4, -0.2) is 34.8 Å². The molecular weight excluding hydrogens is 500 g/mol. The van der Waals surface area contributed by atoms with Crippen molar-refractivity contribution < 1.29 is 19.5 Å². The third kappa shape index (κ3) is 6.53. The summed E-state index contributed by atoms with van der Waals surface area (Å²) in [5, 5.41) is 15.8. The van der Waals surface area contributed by atoms with Crippen LogP contribution in [0.4, 0.5) is 0 Å². The quantitative estimate of drug-likeness (QED) is 0.287. The normalized spacial score (nSPS) is 18.7. The van der Waals surface area contributed by atoms with Crippen molar-refractivity contribution in [2.45, 2.75) is 43.9 Å². The SMILES string of the molecule is O=C1CCC(C(=O)c2ccc(-c3ccccc3)cc2)N1.O=C1CCC(C(O)c2ccc(-c3ccccc3)cc2)N1. The Labute approximate surface area is 234 Å². The molecule has 202 valence electrons. The van der Waals surface area contributed by atoms with E-state index in [1.165, 1.54) is 0 Å². The molecule has 4 aromatic rings. The average Bonchev–Trinajstić information content (AvgIpc) is 3.66. The number of amides is 2. The number of rotatable bonds is 6. The van der Waals surface area contributed by atoms with Crippen molar-refractivity contribution in [1.82, 2.24) is 10.6 Å². The minimum absolute atomic E-state index is 0.00420. The van der Waals surface area contributed by atoms with E-state index in [4.69, 9.17) is 0 Å². The number of hydrogen-bond donors (Lipinski definition) is 3. The molecule has 0 spiro atoms. The highest BCUT2D eigenvalue weighted by molar-refractivity contribution is 6.03. The highest BCUT2D eigenvalue weighted by Crippen LogP contribution is 2.26. The van der Waals surface area contributed by atoms with Crippen LogP contribution in [0.2, 0.25) is 0 Å². The van der Waals surface area contributed by atoms with E-state index in [0.717, 1.165) is 27.8 Å². The maximum atomic E-state index is 12.2. The first-order valence-electron chi connectivity index (χ1n) is 13.6. The van der Waals surface area contributed by atoms with Gasteiger partial charge in [0.1, 0.15) is 0 Å². The predicted octanol–water partition coefficient (Wildman–Crippen LogP) is 5.48. The Morgan fingerprint density at radius 3 is 1.57 bits per heavy atom. The van der Waals surface area contributed by atoms with E-state index in [1.807, 2.05) is 97.1 Å². The number of benzene rings is 4. The zero-order valence-corrected chi connectivity index (χ0v) is 22.1. The number of hydrogen-bond acceptors (Lipinski definition) is 4. The largest absolute Gasteiger partial charge is 0.386 e. The van der Waals surface area contributed by atoms with Gasteiger partial charge in [0.2, 0.25) is 11.8 Å². The fraction of sp³-hybridized carbons (Fsp3) is 0.206. The van der Waals surface area contributed by atoms with E-state index in [2.05, 4.69) is 22.8 Å². The highest BCUT2D eigenvalue weighted by atomic mass is 16.3. The lowest BCUT2D eigenvalue weighted by Gasteiger charge is -2.18. The summed E-state index contributed by atoms with van der Waals surface area (Å²) >= 11 is 0. The van der Waals surface area contributed by atoms with Gasteiger partial charge in [-0.15, -0.1) is 0 Å². The first-order valence-corrected chi connectivity index (χ1v) is 13.6. The molecule has 2 aliphatic heterocycles. The molecule has 2 saturated heterocycles. The number of ketones is 1. The zero-order chi connectivity index (χ0) is 27.9. The summed E-state index contributed by atoms with van der Waals surface area (Å²) in [6, 6.07) is 35.0. The van der Waals surface area contributed by atoms with Gasteiger partial charge in [-0.3, -0.25) is 14.4 Å². The van der Waals surface area contributed by atoms with Crippen molar-refractivity contribution in [3.63, 3.8) is 0 Å². The number of carbonyl (C=O) groups excluding carboxylic acids is 3. The van der Waals surface area contributed by atoms with E-state index in [-0.39, 0.29) is 29.7 Å². The molecule has 0 radical (unpaired) electrons. The second-order valence-corrected chi connectivity index (χ2v) is 10.1. The molecule has 6 nitrogen and oxygen atoms in total. The van der Waals surface area contributed by atoms with Crippen LogP contribution < -0.4 is 10.6 Å². The summed E-state index contributed by atoms with van der Waals surface area (Å²) in [7, 11) is 0. The van der Waals surface area contributed by atoms with Crippen molar-refractivity contribution >= 4 is 17.6 Å². The van der Waals surface area contributed by atoms with E-state index in [1.54, 1.807) is 0 Å². The Kier molecular flexibility index (Phi) is 8.47. The molecule has 2 aliphatic rings. The number of nitrogens with one attached hydrogen (secondary N) is 2. The van der Waals surface area contributed by atoms with Crippen LogP contribution in [0.1, 0.15) is 47.7 Å². The molecule has 2 fully saturated rings. The lowest BCUT2D eigenvalue weighted by Crippen LogP contribution is -2.33. The van der Waals surface area contributed by atoms with Crippen molar-refractivity contribution in [3.8, 4) is 22.3 Å². The molecule has 0 aliphatic carbocycles. The van der Waals surface area contributed by atoms with Crippen molar-refractivity contribution in [1.29, 1.82) is 0 Å². The lowest BCUT2D eigenvalue weighted by molar-refractivity contribution is -0.120. The fourth-order valence-corrected chi connectivity index (χ4v) is 5.08. The monoisotopic (exact) mass is 532 g/mol. The first-order chi connectivity index (χ1) is 19.5. The van der Waals surface area contributed by atoms with E-state index < -0.39 is 6.10 Å². The van der Waals surface area contributed by atoms with Crippen LogP contribution in [0.15, 0.2) is 109 Å². The van der Waals surface area contributed by atoms with Gasteiger partial charge in [0.25, 0.3) is 0 Å². The molecule has 0 bridgehead atoms. The Hall–Kier alpha value is -4.55. The van der Waals surface area contributed by atoms with Crippen LogP contribution in [0.5, 0.6) is 0 Å². The number of Topliss-reactive ketones (excluding diaryl/α,β-unsaturated/α-hetero) is 1. The van der Waals surface area contributed by atoms with Gasteiger partial charge in [0.05, 0.1) is 18.2 Å². The fourth-order valence-electron chi connectivity index (χ4n) is 5.08. The molecule has 4 aromatic carbocycles. The summed E-state index contributed by atoms with van der Waals surface area (Å²) in [5.74, 6) is -0.0188. The van der Waals surface area contributed by atoms with Crippen LogP contribution >= 0.6 is 0 Å². The van der Waals surface area contributed by atoms with Gasteiger partial charge in [-0.2, -0.15) is 0 Å². The highest BCUT2D eigenvalue weighted by Gasteiger charge is 2.29. The molecular formula is C34H32N2O4. The molecule has 2 heterocycles. The number of aliphatic hydroxyl groups is 1. The van der Waals surface area contributed by atoms with Crippen LogP contribution in [0, 0.1) is 0 Å². The molecule has 6 rings (SSSR count). The van der Waals surface area contributed by atoms with Gasteiger partial charge in [-0.25, -0.2) is 0 Å². The molecule has 3 N–H and O–H groups in total. The minimum Gasteiger partial charge on any atom is -0.386 e. The maximum Gasteiger partial charge on any atom is 0.220 e. The molecule has 3 atom stereocenters. The topological polar surface area (TPSA) is 95.5 Å². The van der Waals surface area contributed by atoms with Gasteiger partial charge in [0.15, 0.2) is 5.78 Å². The molecule has 40 heavy (non-hydrogen) atoms. The molecule has 6 heteroatoms. The minimum atomic E-state index is -0.633. The van der Waals surface area contributed by atoms with Crippen molar-refractivity contribution in [3.05, 3.63) is 120 Å². The third-order valence-electron chi connectivity index (χ3n) is 7.36. The van der Waals surface area contributed by atoms with E-state index in [9.17, 15) is 19.5 Å². The van der Waals surface area contributed by atoms with E-state index >= 15 is 0 Å². The van der Waals surface area contributed by atoms with Crippen molar-refractivity contribution in [2.24, 2.45) is 0 Å². The van der Waals surface area contributed by atoms with Gasteiger partial charge < -0.3 is 15.7 Å². The second kappa shape index (κ2) is 12.5. The van der Waals surface area contributed by atoms with Gasteiger partial charge >= 0.3 is 0 Å². The standard InChI is InChI=1S/C17H17NO2.C17H15NO2/c2*19-16-11-10-15(18-16)17(20)14-8-6-13(7-9-14)12-4-2-1-3-5-12/h1-9,15,17,20H,10-11H2,(H,18,19);1-9,15H,10-11H2,(H,18,19). The second-order valence-electron chi connectivity index (χ2n) is 10.1. The Morgan fingerprint density at radius 1 is 0.625 bits per heavy atom. The molecule has 0 aromatic heterocycles. The third-order valence-corrected chi connectivity index (χ3v) is 7.36. The molecule has 3 unspecified atom stereocenters. The Morgan fingerprint density at radius 2 is 1.10 bits per heavy atom. The molecule has 0 saturated carbocycles. The van der Waals surface area contributed by atoms with Crippen LogP contribution in [0.25, 0.3) is 22.3 Å². The van der Waals surface area contributed by atoms with Crippen molar-refractivity contribution in [2.75, 3.05) is 0 Å². The Bertz CT molecular complexity index is 1450. The lowest BCUT2D eigenvalue weighted by atomic mass is 9.98. The summed E-state index contributed by atoms with van der Waals surface area (Å²) in [5.41, 5.74) is 5.98. The summed E-state index contributed by atoms with van der Waals surface area (Å²) < 4.78 is 0. The Balaban J connectivity index is 0.000000161. The average molecular weight is 533 g/mol. The number of aliphatic hydroxyl groups excluding tert-OH is 1. The maximum absolute atomic E-state index is 12.2. The first kappa shape index (κ1) is 27.0. The van der Waals surface area contributed by atoms with Gasteiger partial charge in [0, 0.05) is 18.4 Å². The predicted molar refractivity (Wildman–Crippen MR) is 155 cm³/mol. The summed E-state index contributed by atoms with van der Waals surface area (Å²) in [6.45, 7) is 0. The van der Waals surface area contributed by atoms with E-state index in [0.29, 0.717) is 31.2 Å². The molecule has 2 amide bonds. The zero-order valence-electron chi connectivity index (χ0n) is 22.1. The number of carbonyl (C=O) groups is 3. The summed E-state index contributed by atoms with van der Waals surface area (Å²) in [6.07, 6.45) is 1.60. The van der Waals surface area contributed by atoms with Gasteiger partial charge in [-0.1, -0.05) is 109 Å².